The van der Waals surface area contributed by atoms with E-state index in [4.69, 9.17) is 0 Å². The normalized spacial score (nSPS) is 18.5. The SMILES string of the molecule is Cc1c(C(C)c2ccccc2)cc(C(C)c2ccccc2)cc1C(C)C1C=CC=CC1. The van der Waals surface area contributed by atoms with Gasteiger partial charge in [0, 0.05) is 11.8 Å². The highest BCUT2D eigenvalue weighted by atomic mass is 14.3. The van der Waals surface area contributed by atoms with Gasteiger partial charge in [-0.3, -0.25) is 0 Å². The van der Waals surface area contributed by atoms with Crippen molar-refractivity contribution in [1.82, 2.24) is 0 Å². The van der Waals surface area contributed by atoms with E-state index in [0.717, 1.165) is 6.42 Å². The fourth-order valence-electron chi connectivity index (χ4n) is 5.01. The van der Waals surface area contributed by atoms with Gasteiger partial charge in [-0.05, 0) is 58.6 Å². The first kappa shape index (κ1) is 21.4. The van der Waals surface area contributed by atoms with E-state index in [0.29, 0.717) is 23.7 Å². The lowest BCUT2D eigenvalue weighted by Gasteiger charge is -2.28. The summed E-state index contributed by atoms with van der Waals surface area (Å²) in [5.41, 5.74) is 8.60. The van der Waals surface area contributed by atoms with Crippen LogP contribution in [-0.2, 0) is 0 Å². The molecule has 4 unspecified atom stereocenters. The number of benzene rings is 3. The van der Waals surface area contributed by atoms with Crippen molar-refractivity contribution in [2.45, 2.75) is 51.9 Å². The minimum absolute atomic E-state index is 0.372. The molecule has 4 atom stereocenters. The average Bonchev–Trinajstić information content (AvgIpc) is 2.84. The van der Waals surface area contributed by atoms with Gasteiger partial charge in [0.15, 0.2) is 0 Å². The number of hydrogen-bond acceptors (Lipinski definition) is 0. The third-order valence-electron chi connectivity index (χ3n) is 7.22. The summed E-state index contributed by atoms with van der Waals surface area (Å²) in [5.74, 6) is 1.80. The van der Waals surface area contributed by atoms with Gasteiger partial charge in [0.1, 0.15) is 0 Å². The quantitative estimate of drug-likeness (QED) is 0.385. The van der Waals surface area contributed by atoms with Crippen LogP contribution < -0.4 is 0 Å². The van der Waals surface area contributed by atoms with Crippen molar-refractivity contribution in [2.24, 2.45) is 5.92 Å². The van der Waals surface area contributed by atoms with Gasteiger partial charge in [-0.15, -0.1) is 0 Å². The lowest BCUT2D eigenvalue weighted by molar-refractivity contribution is 0.540. The van der Waals surface area contributed by atoms with Crippen molar-refractivity contribution < 1.29 is 0 Å². The van der Waals surface area contributed by atoms with Gasteiger partial charge >= 0.3 is 0 Å². The zero-order valence-electron chi connectivity index (χ0n) is 19.3. The molecule has 4 rings (SSSR count). The van der Waals surface area contributed by atoms with E-state index in [-0.39, 0.29) is 0 Å². The van der Waals surface area contributed by atoms with Crippen LogP contribution in [0.2, 0.25) is 0 Å². The molecule has 1 aliphatic carbocycles. The zero-order chi connectivity index (χ0) is 21.8. The average molecular weight is 407 g/mol. The van der Waals surface area contributed by atoms with Crippen molar-refractivity contribution in [3.63, 3.8) is 0 Å². The molecule has 0 spiro atoms. The maximum Gasteiger partial charge on any atom is 0.00638 e. The predicted molar refractivity (Wildman–Crippen MR) is 134 cm³/mol. The first-order chi connectivity index (χ1) is 15.1. The molecule has 0 aliphatic heterocycles. The van der Waals surface area contributed by atoms with E-state index in [2.05, 4.69) is 125 Å². The van der Waals surface area contributed by atoms with E-state index >= 15 is 0 Å². The van der Waals surface area contributed by atoms with Crippen molar-refractivity contribution in [2.75, 3.05) is 0 Å². The maximum absolute atomic E-state index is 2.49. The minimum atomic E-state index is 0.372. The van der Waals surface area contributed by atoms with Gasteiger partial charge in [0.05, 0.1) is 0 Å². The van der Waals surface area contributed by atoms with Crippen LogP contribution in [0, 0.1) is 12.8 Å². The summed E-state index contributed by atoms with van der Waals surface area (Å²) < 4.78 is 0. The van der Waals surface area contributed by atoms with Crippen LogP contribution in [-0.4, -0.2) is 0 Å². The Hall–Kier alpha value is -2.86. The highest BCUT2D eigenvalue weighted by Gasteiger charge is 2.23. The second kappa shape index (κ2) is 9.52. The minimum Gasteiger partial charge on any atom is -0.0839 e. The second-order valence-corrected chi connectivity index (χ2v) is 9.09. The number of allylic oxidation sites excluding steroid dienone is 4. The molecule has 3 aromatic carbocycles. The van der Waals surface area contributed by atoms with Crippen LogP contribution >= 0.6 is 0 Å². The Balaban J connectivity index is 1.81. The van der Waals surface area contributed by atoms with Gasteiger partial charge < -0.3 is 0 Å². The van der Waals surface area contributed by atoms with Crippen molar-refractivity contribution in [3.05, 3.63) is 130 Å². The molecule has 0 radical (unpaired) electrons. The van der Waals surface area contributed by atoms with Crippen LogP contribution in [0.4, 0.5) is 0 Å². The highest BCUT2D eigenvalue weighted by Crippen LogP contribution is 2.39. The molecule has 3 aromatic rings. The summed E-state index contributed by atoms with van der Waals surface area (Å²) in [6.07, 6.45) is 10.2. The van der Waals surface area contributed by atoms with Gasteiger partial charge in [-0.2, -0.15) is 0 Å². The van der Waals surface area contributed by atoms with Gasteiger partial charge in [-0.25, -0.2) is 0 Å². The Kier molecular flexibility index (Phi) is 6.56. The van der Waals surface area contributed by atoms with Gasteiger partial charge in [-0.1, -0.05) is 118 Å². The molecular weight excluding hydrogens is 372 g/mol. The molecular formula is C31H34. The second-order valence-electron chi connectivity index (χ2n) is 9.09. The predicted octanol–water partition coefficient (Wildman–Crippen LogP) is 8.53. The Labute approximate surface area is 188 Å². The summed E-state index contributed by atoms with van der Waals surface area (Å²) in [4.78, 5) is 0. The molecule has 0 bridgehead atoms. The van der Waals surface area contributed by atoms with E-state index in [1.807, 2.05) is 0 Å². The Bertz CT molecular complexity index is 1060. The largest absolute Gasteiger partial charge is 0.0839 e. The number of rotatable bonds is 6. The van der Waals surface area contributed by atoms with E-state index in [9.17, 15) is 0 Å². The third-order valence-corrected chi connectivity index (χ3v) is 7.22. The van der Waals surface area contributed by atoms with E-state index in [1.54, 1.807) is 0 Å². The fourth-order valence-corrected chi connectivity index (χ4v) is 5.01. The zero-order valence-corrected chi connectivity index (χ0v) is 19.3. The Morgan fingerprint density at radius 1 is 0.677 bits per heavy atom. The maximum atomic E-state index is 2.49. The third kappa shape index (κ3) is 4.59. The standard InChI is InChI=1S/C31H34/c1-22(26-14-8-5-9-15-26)29-20-30(23(2)27-16-10-6-11-17-27)25(4)31(21-29)24(3)28-18-12-7-13-19-28/h5-18,20-24,28H,19H2,1-4H3. The molecule has 0 fully saturated rings. The summed E-state index contributed by atoms with van der Waals surface area (Å²) >= 11 is 0. The fraction of sp³-hybridized carbons (Fsp3) is 0.290. The topological polar surface area (TPSA) is 0 Å². The van der Waals surface area contributed by atoms with Crippen molar-refractivity contribution >= 4 is 0 Å². The monoisotopic (exact) mass is 406 g/mol. The molecule has 0 aromatic heterocycles. The van der Waals surface area contributed by atoms with Gasteiger partial charge in [0.2, 0.25) is 0 Å². The first-order valence-corrected chi connectivity index (χ1v) is 11.6. The molecule has 1 aliphatic rings. The summed E-state index contributed by atoms with van der Waals surface area (Å²) in [7, 11) is 0. The van der Waals surface area contributed by atoms with Crippen molar-refractivity contribution in [3.8, 4) is 0 Å². The molecule has 31 heavy (non-hydrogen) atoms. The summed E-state index contributed by atoms with van der Waals surface area (Å²) in [5, 5.41) is 0. The molecule has 0 heterocycles. The highest BCUT2D eigenvalue weighted by molar-refractivity contribution is 5.48. The summed E-state index contributed by atoms with van der Waals surface area (Å²) in [6.45, 7) is 9.44. The number of hydrogen-bond donors (Lipinski definition) is 0. The van der Waals surface area contributed by atoms with Crippen molar-refractivity contribution in [1.29, 1.82) is 0 Å². The van der Waals surface area contributed by atoms with Gasteiger partial charge in [0.25, 0.3) is 0 Å². The van der Waals surface area contributed by atoms with Crippen LogP contribution in [0.5, 0.6) is 0 Å². The van der Waals surface area contributed by atoms with E-state index < -0.39 is 0 Å². The molecule has 0 heteroatoms. The first-order valence-electron chi connectivity index (χ1n) is 11.6. The van der Waals surface area contributed by atoms with Crippen LogP contribution in [0.1, 0.15) is 78.3 Å². The van der Waals surface area contributed by atoms with Crippen LogP contribution in [0.25, 0.3) is 0 Å². The Morgan fingerprint density at radius 3 is 1.84 bits per heavy atom. The lowest BCUT2D eigenvalue weighted by Crippen LogP contribution is -2.13. The molecule has 0 nitrogen and oxygen atoms in total. The smallest absolute Gasteiger partial charge is 0.00638 e. The molecule has 0 amide bonds. The molecule has 158 valence electrons. The molecule has 0 N–H and O–H groups in total. The lowest BCUT2D eigenvalue weighted by atomic mass is 9.76. The summed E-state index contributed by atoms with van der Waals surface area (Å²) in [6, 6.07) is 26.8. The van der Waals surface area contributed by atoms with Crippen LogP contribution in [0.3, 0.4) is 0 Å². The molecule has 0 saturated carbocycles. The Morgan fingerprint density at radius 2 is 1.26 bits per heavy atom. The molecule has 0 saturated heterocycles. The van der Waals surface area contributed by atoms with E-state index in [1.165, 1.54) is 33.4 Å². The van der Waals surface area contributed by atoms with Crippen LogP contribution in [0.15, 0.2) is 97.1 Å².